The van der Waals surface area contributed by atoms with Gasteiger partial charge in [-0.15, -0.1) is 0 Å². The minimum absolute atomic E-state index is 0.0378. The van der Waals surface area contributed by atoms with Crippen molar-refractivity contribution in [1.82, 2.24) is 19.5 Å². The van der Waals surface area contributed by atoms with Crippen molar-refractivity contribution in [1.29, 1.82) is 0 Å². The van der Waals surface area contributed by atoms with Crippen molar-refractivity contribution in [2.45, 2.75) is 71.8 Å². The summed E-state index contributed by atoms with van der Waals surface area (Å²) in [5, 5.41) is 21.6. The Labute approximate surface area is 216 Å². The molecule has 0 bridgehead atoms. The standard InChI is InChI=1S/C22H37ClN5O7P/c1-6-14(4)22(28-13-25-16-18(24)26-20(23)27-19(16)28)10-9-21(5,12-29)17(30)15(35-22)11-34-36(31,32-7-2)33-8-3/h13-15,17,29-30H,6-12H2,1-5H3,(H2,24,26,27). The van der Waals surface area contributed by atoms with E-state index in [2.05, 4.69) is 15.0 Å². The van der Waals surface area contributed by atoms with Gasteiger partial charge in [-0.05, 0) is 44.7 Å². The Morgan fingerprint density at radius 2 is 1.94 bits per heavy atom. The normalized spacial score (nSPS) is 28.3. The molecule has 3 heterocycles. The van der Waals surface area contributed by atoms with Crippen LogP contribution in [0.25, 0.3) is 11.2 Å². The van der Waals surface area contributed by atoms with Gasteiger partial charge in [0.2, 0.25) is 5.28 Å². The summed E-state index contributed by atoms with van der Waals surface area (Å²) in [5.74, 6) is 0.0114. The van der Waals surface area contributed by atoms with E-state index < -0.39 is 31.2 Å². The van der Waals surface area contributed by atoms with Gasteiger partial charge in [-0.3, -0.25) is 18.1 Å². The maximum atomic E-state index is 13.0. The first-order chi connectivity index (χ1) is 17.0. The number of phosphoric ester groups is 1. The molecular formula is C22H37ClN5O7P. The number of rotatable bonds is 11. The smallest absolute Gasteiger partial charge is 0.396 e. The summed E-state index contributed by atoms with van der Waals surface area (Å²) in [6.45, 7) is 8.75. The molecule has 2 aromatic heterocycles. The van der Waals surface area contributed by atoms with Crippen LogP contribution in [0.1, 0.15) is 53.9 Å². The van der Waals surface area contributed by atoms with E-state index in [9.17, 15) is 14.8 Å². The molecule has 0 spiro atoms. The average molecular weight is 550 g/mol. The number of imidazole rings is 1. The lowest BCUT2D eigenvalue weighted by Gasteiger charge is -2.41. The minimum atomic E-state index is -3.89. The van der Waals surface area contributed by atoms with E-state index in [1.165, 1.54) is 0 Å². The van der Waals surface area contributed by atoms with E-state index in [4.69, 9.17) is 35.6 Å². The Balaban J connectivity index is 2.12. The molecule has 5 unspecified atom stereocenters. The third-order valence-corrected chi connectivity index (χ3v) is 8.78. The first-order valence-corrected chi connectivity index (χ1v) is 14.0. The maximum absolute atomic E-state index is 13.0. The van der Waals surface area contributed by atoms with Crippen molar-refractivity contribution in [3.63, 3.8) is 0 Å². The van der Waals surface area contributed by atoms with Gasteiger partial charge in [-0.2, -0.15) is 9.97 Å². The molecule has 12 nitrogen and oxygen atoms in total. The number of anilines is 1. The molecule has 4 N–H and O–H groups in total. The molecule has 36 heavy (non-hydrogen) atoms. The molecular weight excluding hydrogens is 513 g/mol. The van der Waals surface area contributed by atoms with Gasteiger partial charge in [0.05, 0.1) is 38.9 Å². The van der Waals surface area contributed by atoms with Crippen molar-refractivity contribution in [3.8, 4) is 0 Å². The van der Waals surface area contributed by atoms with Gasteiger partial charge < -0.3 is 20.7 Å². The van der Waals surface area contributed by atoms with E-state index in [1.54, 1.807) is 31.7 Å². The lowest BCUT2D eigenvalue weighted by atomic mass is 9.77. The Bertz CT molecular complexity index is 1080. The van der Waals surface area contributed by atoms with Crippen LogP contribution in [0.3, 0.4) is 0 Å². The number of fused-ring (bicyclic) bond motifs is 1. The van der Waals surface area contributed by atoms with Crippen molar-refractivity contribution < 1.29 is 33.1 Å². The summed E-state index contributed by atoms with van der Waals surface area (Å²) >= 11 is 6.13. The zero-order chi connectivity index (χ0) is 26.7. The quantitative estimate of drug-likeness (QED) is 0.277. The van der Waals surface area contributed by atoms with E-state index in [1.807, 2.05) is 13.8 Å². The number of nitrogens with zero attached hydrogens (tertiary/aromatic N) is 4. The van der Waals surface area contributed by atoms with Crippen LogP contribution in [0, 0.1) is 11.3 Å². The molecule has 0 radical (unpaired) electrons. The number of nitrogens with two attached hydrogens (primary N) is 1. The largest absolute Gasteiger partial charge is 0.474 e. The number of phosphoric acid groups is 1. The monoisotopic (exact) mass is 549 g/mol. The van der Waals surface area contributed by atoms with Gasteiger partial charge in [-0.1, -0.05) is 20.8 Å². The third kappa shape index (κ3) is 5.56. The first kappa shape index (κ1) is 29.2. The van der Waals surface area contributed by atoms with Gasteiger partial charge in [0.25, 0.3) is 0 Å². The topological polar surface area (TPSA) is 164 Å². The number of halogens is 1. The molecule has 5 atom stereocenters. The van der Waals surface area contributed by atoms with E-state index in [0.717, 1.165) is 0 Å². The molecule has 0 amide bonds. The molecule has 1 fully saturated rings. The third-order valence-electron chi connectivity index (χ3n) is 6.99. The molecule has 0 saturated carbocycles. The summed E-state index contributed by atoms with van der Waals surface area (Å²) in [5.41, 5.74) is 4.77. The lowest BCUT2D eigenvalue weighted by molar-refractivity contribution is -0.209. The fourth-order valence-electron chi connectivity index (χ4n) is 4.60. The molecule has 1 aliphatic rings. The number of aromatic nitrogens is 4. The fraction of sp³-hybridized carbons (Fsp3) is 0.773. The summed E-state index contributed by atoms with van der Waals surface area (Å²) in [6, 6.07) is 0. The Morgan fingerprint density at radius 1 is 1.28 bits per heavy atom. The predicted molar refractivity (Wildman–Crippen MR) is 134 cm³/mol. The highest BCUT2D eigenvalue weighted by Crippen LogP contribution is 2.51. The van der Waals surface area contributed by atoms with Crippen LogP contribution in [0.15, 0.2) is 6.33 Å². The van der Waals surface area contributed by atoms with Gasteiger partial charge in [0, 0.05) is 11.3 Å². The van der Waals surface area contributed by atoms with E-state index >= 15 is 0 Å². The van der Waals surface area contributed by atoms with Crippen LogP contribution in [-0.2, 0) is 28.6 Å². The highest BCUT2D eigenvalue weighted by molar-refractivity contribution is 7.48. The predicted octanol–water partition coefficient (Wildman–Crippen LogP) is 3.50. The summed E-state index contributed by atoms with van der Waals surface area (Å²) in [7, 11) is -3.89. The highest BCUT2D eigenvalue weighted by Gasteiger charge is 2.52. The second kappa shape index (κ2) is 11.6. The van der Waals surface area contributed by atoms with E-state index in [-0.39, 0.29) is 43.4 Å². The Kier molecular flexibility index (Phi) is 9.38. The molecule has 0 aromatic carbocycles. The molecule has 1 saturated heterocycles. The molecule has 1 aliphatic heterocycles. The molecule has 3 rings (SSSR count). The van der Waals surface area contributed by atoms with Gasteiger partial charge in [-0.25, -0.2) is 9.55 Å². The Morgan fingerprint density at radius 3 is 2.53 bits per heavy atom. The fourth-order valence-corrected chi connectivity index (χ4v) is 5.96. The summed E-state index contributed by atoms with van der Waals surface area (Å²) in [4.78, 5) is 12.8. The van der Waals surface area contributed by atoms with Gasteiger partial charge in [0.15, 0.2) is 17.2 Å². The lowest BCUT2D eigenvalue weighted by Crippen LogP contribution is -2.49. The molecule has 2 aromatic rings. The van der Waals surface area contributed by atoms with Crippen molar-refractivity contribution in [3.05, 3.63) is 11.6 Å². The van der Waals surface area contributed by atoms with E-state index in [0.29, 0.717) is 30.4 Å². The number of nitrogen functional groups attached to an aromatic ring is 1. The van der Waals surface area contributed by atoms with Crippen LogP contribution in [0.2, 0.25) is 5.28 Å². The number of aliphatic hydroxyl groups excluding tert-OH is 2. The molecule has 0 aliphatic carbocycles. The molecule has 14 heteroatoms. The number of hydrogen-bond donors (Lipinski definition) is 3. The second-order valence-electron chi connectivity index (χ2n) is 9.31. The summed E-state index contributed by atoms with van der Waals surface area (Å²) in [6.07, 6.45) is 0.879. The number of aliphatic hydroxyl groups is 2. The van der Waals surface area contributed by atoms with Crippen LogP contribution in [0.5, 0.6) is 0 Å². The van der Waals surface area contributed by atoms with Crippen LogP contribution in [0.4, 0.5) is 5.82 Å². The minimum Gasteiger partial charge on any atom is -0.396 e. The molecule has 204 valence electrons. The Hall–Kier alpha value is -1.37. The van der Waals surface area contributed by atoms with Crippen molar-refractivity contribution in [2.24, 2.45) is 11.3 Å². The second-order valence-corrected chi connectivity index (χ2v) is 11.3. The van der Waals surface area contributed by atoms with Crippen molar-refractivity contribution >= 4 is 36.4 Å². The summed E-state index contributed by atoms with van der Waals surface area (Å²) < 4.78 is 37.6. The van der Waals surface area contributed by atoms with Gasteiger partial charge in [0.1, 0.15) is 11.6 Å². The van der Waals surface area contributed by atoms with Crippen molar-refractivity contribution in [2.75, 3.05) is 32.2 Å². The zero-order valence-corrected chi connectivity index (χ0v) is 23.0. The van der Waals surface area contributed by atoms with Gasteiger partial charge >= 0.3 is 7.82 Å². The van der Waals surface area contributed by atoms with Crippen LogP contribution < -0.4 is 5.73 Å². The SMILES string of the molecule is CCOP(=O)(OCC)OCC1OC(C(C)CC)(n2cnc3c(N)nc(Cl)nc32)CCC(C)(CO)C1O. The number of ether oxygens (including phenoxy) is 1. The maximum Gasteiger partial charge on any atom is 0.474 e. The first-order valence-electron chi connectivity index (χ1n) is 12.2. The zero-order valence-electron chi connectivity index (χ0n) is 21.4. The highest BCUT2D eigenvalue weighted by atomic mass is 35.5. The number of hydrogen-bond acceptors (Lipinski definition) is 11. The average Bonchev–Trinajstić information content (AvgIpc) is 3.23. The van der Waals surface area contributed by atoms with Crippen LogP contribution in [-0.4, -0.2) is 68.4 Å². The van der Waals surface area contributed by atoms with Crippen LogP contribution >= 0.6 is 19.4 Å².